The van der Waals surface area contributed by atoms with Gasteiger partial charge in [0.25, 0.3) is 5.91 Å². The zero-order chi connectivity index (χ0) is 17.2. The number of rotatable bonds is 4. The summed E-state index contributed by atoms with van der Waals surface area (Å²) in [5.41, 5.74) is 0. The molecule has 7 nitrogen and oxygen atoms in total. The molecule has 1 saturated heterocycles. The lowest BCUT2D eigenvalue weighted by Gasteiger charge is -2.31. The molecule has 134 valence electrons. The molecular formula is C17H24N6OS. The van der Waals surface area contributed by atoms with Crippen LogP contribution in [0.1, 0.15) is 58.4 Å². The summed E-state index contributed by atoms with van der Waals surface area (Å²) in [6.45, 7) is 6.41. The molecule has 0 spiro atoms. The highest BCUT2D eigenvalue weighted by atomic mass is 32.1. The fourth-order valence-electron chi connectivity index (χ4n) is 3.65. The smallest absolute Gasteiger partial charge is 0.265 e. The predicted octanol–water partition coefficient (Wildman–Crippen LogP) is 1.81. The van der Waals surface area contributed by atoms with Crippen LogP contribution in [0.5, 0.6) is 0 Å². The maximum atomic E-state index is 12.7. The van der Waals surface area contributed by atoms with Crippen LogP contribution in [-0.2, 0) is 19.5 Å². The molecule has 0 radical (unpaired) electrons. The number of amides is 1. The molecule has 2 aromatic rings. The Morgan fingerprint density at radius 1 is 1.32 bits per heavy atom. The Hall–Kier alpha value is -1.80. The number of aryl methyl sites for hydroxylation is 1. The summed E-state index contributed by atoms with van der Waals surface area (Å²) < 4.78 is 2.26. The van der Waals surface area contributed by atoms with E-state index in [-0.39, 0.29) is 5.91 Å². The van der Waals surface area contributed by atoms with E-state index in [0.29, 0.717) is 5.92 Å². The van der Waals surface area contributed by atoms with Gasteiger partial charge in [-0.3, -0.25) is 4.79 Å². The lowest BCUT2D eigenvalue weighted by atomic mass is 9.95. The van der Waals surface area contributed by atoms with Gasteiger partial charge in [-0.05, 0) is 25.7 Å². The molecule has 0 aliphatic carbocycles. The molecule has 1 N–H and O–H groups in total. The van der Waals surface area contributed by atoms with Crippen LogP contribution in [0.25, 0.3) is 0 Å². The zero-order valence-electron chi connectivity index (χ0n) is 14.6. The molecule has 2 aliphatic rings. The van der Waals surface area contributed by atoms with Crippen molar-refractivity contribution >= 4 is 17.2 Å². The average Bonchev–Trinajstić information content (AvgIpc) is 3.29. The number of nitrogens with zero attached hydrogens (tertiary/aromatic N) is 5. The molecule has 0 saturated carbocycles. The number of hydrogen-bond acceptors (Lipinski definition) is 6. The number of thiazole rings is 1. The van der Waals surface area contributed by atoms with Gasteiger partial charge in [0.15, 0.2) is 0 Å². The monoisotopic (exact) mass is 360 g/mol. The van der Waals surface area contributed by atoms with Gasteiger partial charge in [0.1, 0.15) is 16.5 Å². The molecule has 2 aromatic heterocycles. The number of carbonyl (C=O) groups excluding carboxylic acids is 1. The highest BCUT2D eigenvalue weighted by Gasteiger charge is 2.29. The first-order chi connectivity index (χ1) is 12.3. The maximum Gasteiger partial charge on any atom is 0.265 e. The van der Waals surface area contributed by atoms with Crippen LogP contribution in [0.2, 0.25) is 0 Å². The van der Waals surface area contributed by atoms with Crippen LogP contribution in [0.15, 0.2) is 6.20 Å². The molecule has 1 amide bonds. The minimum absolute atomic E-state index is 0.130. The van der Waals surface area contributed by atoms with Gasteiger partial charge < -0.3 is 14.8 Å². The van der Waals surface area contributed by atoms with Crippen molar-refractivity contribution in [3.8, 4) is 0 Å². The van der Waals surface area contributed by atoms with Crippen molar-refractivity contribution in [2.24, 2.45) is 0 Å². The van der Waals surface area contributed by atoms with Crippen LogP contribution >= 0.6 is 11.3 Å². The first-order valence-electron chi connectivity index (χ1n) is 9.13. The van der Waals surface area contributed by atoms with Crippen molar-refractivity contribution in [2.75, 3.05) is 19.6 Å². The van der Waals surface area contributed by atoms with Gasteiger partial charge in [0.05, 0.1) is 17.7 Å². The van der Waals surface area contributed by atoms with Crippen LogP contribution in [0.3, 0.4) is 0 Å². The Labute approximate surface area is 151 Å². The molecular weight excluding hydrogens is 336 g/mol. The third-order valence-electron chi connectivity index (χ3n) is 5.03. The third kappa shape index (κ3) is 3.32. The van der Waals surface area contributed by atoms with Crippen molar-refractivity contribution in [3.05, 3.63) is 27.7 Å². The van der Waals surface area contributed by atoms with Gasteiger partial charge >= 0.3 is 0 Å². The number of fused-ring (bicyclic) bond motifs is 1. The predicted molar refractivity (Wildman–Crippen MR) is 95.7 cm³/mol. The Balaban J connectivity index is 1.39. The van der Waals surface area contributed by atoms with Gasteiger partial charge in [-0.1, -0.05) is 6.92 Å². The second-order valence-electron chi connectivity index (χ2n) is 6.74. The molecule has 1 fully saturated rings. The fraction of sp³-hybridized carbons (Fsp3) is 0.647. The van der Waals surface area contributed by atoms with E-state index >= 15 is 0 Å². The largest absolute Gasteiger partial charge is 0.338 e. The van der Waals surface area contributed by atoms with Gasteiger partial charge in [-0.2, -0.15) is 0 Å². The molecule has 8 heteroatoms. The van der Waals surface area contributed by atoms with Gasteiger partial charge in [-0.25, -0.2) is 4.98 Å². The van der Waals surface area contributed by atoms with Crippen molar-refractivity contribution in [1.29, 1.82) is 0 Å². The topological polar surface area (TPSA) is 75.9 Å². The summed E-state index contributed by atoms with van der Waals surface area (Å²) in [5, 5.41) is 13.1. The van der Waals surface area contributed by atoms with Crippen LogP contribution in [-0.4, -0.2) is 50.2 Å². The number of piperidine rings is 1. The molecule has 0 atom stereocenters. The molecule has 4 rings (SSSR count). The summed E-state index contributed by atoms with van der Waals surface area (Å²) in [6, 6.07) is 0. The molecule has 4 heterocycles. The Morgan fingerprint density at radius 3 is 2.96 bits per heavy atom. The van der Waals surface area contributed by atoms with Crippen LogP contribution in [0.4, 0.5) is 0 Å². The number of likely N-dealkylation sites (tertiary alicyclic amines) is 1. The van der Waals surface area contributed by atoms with Crippen LogP contribution in [0, 0.1) is 0 Å². The van der Waals surface area contributed by atoms with Gasteiger partial charge in [-0.15, -0.1) is 21.5 Å². The van der Waals surface area contributed by atoms with E-state index in [9.17, 15) is 4.79 Å². The number of nitrogens with one attached hydrogen (secondary N) is 1. The minimum Gasteiger partial charge on any atom is -0.338 e. The second-order valence-corrected chi connectivity index (χ2v) is 7.85. The summed E-state index contributed by atoms with van der Waals surface area (Å²) in [4.78, 5) is 19.8. The van der Waals surface area contributed by atoms with Crippen molar-refractivity contribution in [1.82, 2.24) is 30.0 Å². The quantitative estimate of drug-likeness (QED) is 0.900. The molecule has 25 heavy (non-hydrogen) atoms. The highest BCUT2D eigenvalue weighted by molar-refractivity contribution is 7.13. The molecule has 0 unspecified atom stereocenters. The van der Waals surface area contributed by atoms with Crippen molar-refractivity contribution < 1.29 is 4.79 Å². The molecule has 2 aliphatic heterocycles. The maximum absolute atomic E-state index is 12.7. The average molecular weight is 360 g/mol. The van der Waals surface area contributed by atoms with E-state index in [4.69, 9.17) is 0 Å². The fourth-order valence-corrected chi connectivity index (χ4v) is 4.64. The summed E-state index contributed by atoms with van der Waals surface area (Å²) in [6.07, 6.45) is 5.67. The van der Waals surface area contributed by atoms with E-state index < -0.39 is 0 Å². The van der Waals surface area contributed by atoms with E-state index in [0.717, 1.165) is 79.9 Å². The first kappa shape index (κ1) is 16.7. The Morgan fingerprint density at radius 2 is 2.16 bits per heavy atom. The Bertz CT molecular complexity index is 746. The lowest BCUT2D eigenvalue weighted by Crippen LogP contribution is -2.38. The number of hydrogen-bond donors (Lipinski definition) is 1. The molecule has 0 bridgehead atoms. The minimum atomic E-state index is 0.130. The van der Waals surface area contributed by atoms with E-state index in [1.165, 1.54) is 0 Å². The highest BCUT2D eigenvalue weighted by Crippen LogP contribution is 2.29. The third-order valence-corrected chi connectivity index (χ3v) is 6.07. The summed E-state index contributed by atoms with van der Waals surface area (Å²) in [5.74, 6) is 2.67. The SMILES string of the molecule is CCCc1ncc(C(=O)N2CCC(c3nnc4n3CCNC4)CC2)s1. The second kappa shape index (κ2) is 7.21. The lowest BCUT2D eigenvalue weighted by molar-refractivity contribution is 0.0714. The van der Waals surface area contributed by atoms with E-state index in [1.807, 2.05) is 4.90 Å². The number of carbonyl (C=O) groups is 1. The molecule has 0 aromatic carbocycles. The summed E-state index contributed by atoms with van der Waals surface area (Å²) >= 11 is 1.54. The van der Waals surface area contributed by atoms with E-state index in [2.05, 4.69) is 32.0 Å². The standard InChI is InChI=1S/C17H24N6OS/c1-2-3-15-19-10-13(25-15)17(24)22-7-4-12(5-8-22)16-21-20-14-11-18-6-9-23(14)16/h10,12,18H,2-9,11H2,1H3. The summed E-state index contributed by atoms with van der Waals surface area (Å²) in [7, 11) is 0. The van der Waals surface area contributed by atoms with E-state index in [1.54, 1.807) is 17.5 Å². The van der Waals surface area contributed by atoms with Crippen molar-refractivity contribution in [2.45, 2.75) is 51.6 Å². The van der Waals surface area contributed by atoms with Crippen molar-refractivity contribution in [3.63, 3.8) is 0 Å². The Kier molecular flexibility index (Phi) is 4.80. The number of aromatic nitrogens is 4. The van der Waals surface area contributed by atoms with Gasteiger partial charge in [0, 0.05) is 32.1 Å². The van der Waals surface area contributed by atoms with Gasteiger partial charge in [0.2, 0.25) is 0 Å². The van der Waals surface area contributed by atoms with Crippen LogP contribution < -0.4 is 5.32 Å². The zero-order valence-corrected chi connectivity index (χ0v) is 15.4. The first-order valence-corrected chi connectivity index (χ1v) is 9.94. The normalized spacial score (nSPS) is 18.4.